The maximum atomic E-state index is 12.8. The molecule has 0 bridgehead atoms. The van der Waals surface area contributed by atoms with Crippen molar-refractivity contribution in [1.29, 1.82) is 0 Å². The van der Waals surface area contributed by atoms with Crippen molar-refractivity contribution in [3.63, 3.8) is 0 Å². The van der Waals surface area contributed by atoms with Gasteiger partial charge in [-0.25, -0.2) is 0 Å². The molecule has 0 radical (unpaired) electrons. The van der Waals surface area contributed by atoms with E-state index in [4.69, 9.17) is 18.9 Å². The van der Waals surface area contributed by atoms with Gasteiger partial charge in [0.1, 0.15) is 18.1 Å². The molecule has 0 saturated carbocycles. The molecule has 1 unspecified atom stereocenters. The van der Waals surface area contributed by atoms with Gasteiger partial charge < -0.3 is 24.3 Å². The molecule has 1 saturated heterocycles. The van der Waals surface area contributed by atoms with Crippen molar-refractivity contribution >= 4 is 5.91 Å². The molecule has 7 heteroatoms. The molecule has 1 N–H and O–H groups in total. The molecule has 0 aliphatic carbocycles. The Balaban J connectivity index is 1.41. The number of piperidine rings is 1. The van der Waals surface area contributed by atoms with Gasteiger partial charge in [-0.15, -0.1) is 0 Å². The molecule has 1 aliphatic rings. The van der Waals surface area contributed by atoms with Crippen molar-refractivity contribution in [3.05, 3.63) is 48.0 Å². The minimum absolute atomic E-state index is 0.0383. The van der Waals surface area contributed by atoms with E-state index >= 15 is 0 Å². The highest BCUT2D eigenvalue weighted by atomic mass is 16.5. The first-order valence-electron chi connectivity index (χ1n) is 11.1. The van der Waals surface area contributed by atoms with Crippen molar-refractivity contribution in [3.8, 4) is 23.0 Å². The van der Waals surface area contributed by atoms with Gasteiger partial charge in [-0.1, -0.05) is 6.07 Å². The highest BCUT2D eigenvalue weighted by Crippen LogP contribution is 2.30. The minimum Gasteiger partial charge on any atom is -0.497 e. The van der Waals surface area contributed by atoms with Crippen LogP contribution in [0.1, 0.15) is 31.4 Å². The second-order valence-corrected chi connectivity index (χ2v) is 7.98. The van der Waals surface area contributed by atoms with Gasteiger partial charge in [0.05, 0.1) is 27.4 Å². The first kappa shape index (κ1) is 23.7. The highest BCUT2D eigenvalue weighted by molar-refractivity contribution is 5.79. The maximum Gasteiger partial charge on any atom is 0.223 e. The lowest BCUT2D eigenvalue weighted by Crippen LogP contribution is -2.42. The van der Waals surface area contributed by atoms with Crippen LogP contribution in [0.2, 0.25) is 0 Å². The van der Waals surface area contributed by atoms with Crippen LogP contribution in [-0.2, 0) is 4.79 Å². The fourth-order valence-electron chi connectivity index (χ4n) is 3.92. The molecule has 1 fully saturated rings. The minimum atomic E-state index is -0.0989. The first-order chi connectivity index (χ1) is 15.5. The number of benzene rings is 2. The van der Waals surface area contributed by atoms with Crippen LogP contribution < -0.4 is 24.3 Å². The third-order valence-electron chi connectivity index (χ3n) is 5.96. The van der Waals surface area contributed by atoms with Gasteiger partial charge in [-0.3, -0.25) is 9.69 Å². The second-order valence-electron chi connectivity index (χ2n) is 7.98. The Bertz CT molecular complexity index is 863. The van der Waals surface area contributed by atoms with E-state index in [1.807, 2.05) is 49.4 Å². The summed E-state index contributed by atoms with van der Waals surface area (Å²) in [7, 11) is 4.87. The number of ether oxygens (including phenoxy) is 4. The molecule has 1 heterocycles. The van der Waals surface area contributed by atoms with E-state index < -0.39 is 0 Å². The van der Waals surface area contributed by atoms with Crippen molar-refractivity contribution < 1.29 is 23.7 Å². The van der Waals surface area contributed by atoms with Gasteiger partial charge in [-0.05, 0) is 74.8 Å². The summed E-state index contributed by atoms with van der Waals surface area (Å²) in [5.41, 5.74) is 0.990. The fraction of sp³-hybridized carbons (Fsp3) is 0.480. The van der Waals surface area contributed by atoms with E-state index in [9.17, 15) is 4.79 Å². The number of methoxy groups -OCH3 is 3. The van der Waals surface area contributed by atoms with Gasteiger partial charge in [0.25, 0.3) is 0 Å². The number of hydrogen-bond donors (Lipinski definition) is 1. The van der Waals surface area contributed by atoms with Crippen molar-refractivity contribution in [1.82, 2.24) is 10.2 Å². The van der Waals surface area contributed by atoms with Gasteiger partial charge in [0, 0.05) is 12.5 Å². The summed E-state index contributed by atoms with van der Waals surface area (Å²) in [6.45, 7) is 5.26. The van der Waals surface area contributed by atoms with Gasteiger partial charge >= 0.3 is 0 Å². The second kappa shape index (κ2) is 11.6. The zero-order valence-corrected chi connectivity index (χ0v) is 19.4. The number of carbonyl (C=O) groups excluding carboxylic acids is 1. The molecule has 32 heavy (non-hydrogen) atoms. The molecular formula is C25H34N2O5. The largest absolute Gasteiger partial charge is 0.497 e. The van der Waals surface area contributed by atoms with Crippen LogP contribution in [0.3, 0.4) is 0 Å². The van der Waals surface area contributed by atoms with Crippen LogP contribution in [0.15, 0.2) is 42.5 Å². The zero-order chi connectivity index (χ0) is 22.9. The summed E-state index contributed by atoms with van der Waals surface area (Å²) >= 11 is 0. The van der Waals surface area contributed by atoms with Crippen LogP contribution in [0.25, 0.3) is 0 Å². The summed E-state index contributed by atoms with van der Waals surface area (Å²) in [5, 5.41) is 3.15. The molecule has 7 nitrogen and oxygen atoms in total. The van der Waals surface area contributed by atoms with Crippen LogP contribution in [-0.4, -0.2) is 58.4 Å². The van der Waals surface area contributed by atoms with E-state index in [0.717, 1.165) is 49.5 Å². The smallest absolute Gasteiger partial charge is 0.223 e. The summed E-state index contributed by atoms with van der Waals surface area (Å²) in [4.78, 5) is 15.1. The summed E-state index contributed by atoms with van der Waals surface area (Å²) in [5.74, 6) is 3.15. The molecule has 2 aromatic rings. The van der Waals surface area contributed by atoms with Crippen molar-refractivity contribution in [2.45, 2.75) is 25.8 Å². The lowest BCUT2D eigenvalue weighted by Gasteiger charge is -2.31. The molecule has 2 aromatic carbocycles. The van der Waals surface area contributed by atoms with Gasteiger partial charge in [0.15, 0.2) is 11.5 Å². The summed E-state index contributed by atoms with van der Waals surface area (Å²) in [6, 6.07) is 13.2. The van der Waals surface area contributed by atoms with E-state index in [2.05, 4.69) is 10.2 Å². The first-order valence-corrected chi connectivity index (χ1v) is 11.1. The Morgan fingerprint density at radius 1 is 0.969 bits per heavy atom. The summed E-state index contributed by atoms with van der Waals surface area (Å²) in [6.07, 6.45) is 1.71. The molecular weight excluding hydrogens is 408 g/mol. The molecule has 1 amide bonds. The quantitative estimate of drug-likeness (QED) is 0.605. The average Bonchev–Trinajstić information content (AvgIpc) is 2.84. The highest BCUT2D eigenvalue weighted by Gasteiger charge is 2.26. The Kier molecular flexibility index (Phi) is 8.62. The SMILES string of the molecule is COc1ccc(OCCN2CCC(C(=O)NC(C)c3ccc(OC)c(OC)c3)CC2)cc1. The fourth-order valence-corrected chi connectivity index (χ4v) is 3.92. The molecule has 1 atom stereocenters. The Hall–Kier alpha value is -2.93. The average molecular weight is 443 g/mol. The van der Waals surface area contributed by atoms with E-state index in [1.165, 1.54) is 0 Å². The Morgan fingerprint density at radius 2 is 1.62 bits per heavy atom. The molecule has 0 aromatic heterocycles. The number of amides is 1. The predicted octanol–water partition coefficient (Wildman–Crippen LogP) is 3.68. The number of nitrogens with zero attached hydrogens (tertiary/aromatic N) is 1. The Labute approximate surface area is 190 Å². The molecule has 174 valence electrons. The van der Waals surface area contributed by atoms with Crippen LogP contribution in [0, 0.1) is 5.92 Å². The monoisotopic (exact) mass is 442 g/mol. The molecule has 0 spiro atoms. The summed E-state index contributed by atoms with van der Waals surface area (Å²) < 4.78 is 21.6. The number of carbonyl (C=O) groups is 1. The lowest BCUT2D eigenvalue weighted by atomic mass is 9.95. The van der Waals surface area contributed by atoms with Crippen LogP contribution in [0.5, 0.6) is 23.0 Å². The topological polar surface area (TPSA) is 69.3 Å². The van der Waals surface area contributed by atoms with E-state index in [0.29, 0.717) is 18.1 Å². The lowest BCUT2D eigenvalue weighted by molar-refractivity contribution is -0.127. The number of rotatable bonds is 10. The Morgan fingerprint density at radius 3 is 2.25 bits per heavy atom. The van der Waals surface area contributed by atoms with E-state index in [1.54, 1.807) is 21.3 Å². The van der Waals surface area contributed by atoms with Gasteiger partial charge in [0.2, 0.25) is 5.91 Å². The van der Waals surface area contributed by atoms with Crippen LogP contribution >= 0.6 is 0 Å². The van der Waals surface area contributed by atoms with Crippen molar-refractivity contribution in [2.75, 3.05) is 47.6 Å². The maximum absolute atomic E-state index is 12.8. The molecule has 3 rings (SSSR count). The van der Waals surface area contributed by atoms with Crippen LogP contribution in [0.4, 0.5) is 0 Å². The predicted molar refractivity (Wildman–Crippen MR) is 124 cm³/mol. The number of hydrogen-bond acceptors (Lipinski definition) is 6. The van der Waals surface area contributed by atoms with Crippen molar-refractivity contribution in [2.24, 2.45) is 5.92 Å². The third-order valence-corrected chi connectivity index (χ3v) is 5.96. The van der Waals surface area contributed by atoms with Gasteiger partial charge in [-0.2, -0.15) is 0 Å². The number of nitrogens with one attached hydrogen (secondary N) is 1. The zero-order valence-electron chi connectivity index (χ0n) is 19.4. The third kappa shape index (κ3) is 6.29. The molecule has 1 aliphatic heterocycles. The standard InChI is InChI=1S/C25H34N2O5/c1-18(20-5-10-23(30-3)24(17-20)31-4)26-25(28)19-11-13-27(14-12-19)15-16-32-22-8-6-21(29-2)7-9-22/h5-10,17-19H,11-16H2,1-4H3,(H,26,28). The normalized spacial score (nSPS) is 15.6. The van der Waals surface area contributed by atoms with E-state index in [-0.39, 0.29) is 17.9 Å². The number of likely N-dealkylation sites (tertiary alicyclic amines) is 1.